The molecule has 0 atom stereocenters. The smallest absolute Gasteiger partial charge is 0.341 e. The minimum Gasteiger partial charge on any atom is -0.465 e. The molecule has 0 radical (unpaired) electrons. The zero-order chi connectivity index (χ0) is 31.3. The predicted octanol–water partition coefficient (Wildman–Crippen LogP) is 7.19. The highest BCUT2D eigenvalue weighted by Gasteiger charge is 2.41. The molecule has 4 aromatic rings. The van der Waals surface area contributed by atoms with E-state index < -0.39 is 11.8 Å². The van der Waals surface area contributed by atoms with Crippen molar-refractivity contribution in [1.82, 2.24) is 4.57 Å². The number of fused-ring (bicyclic) bond motifs is 1. The molecule has 1 saturated heterocycles. The molecule has 0 bridgehead atoms. The quantitative estimate of drug-likeness (QED) is 0.102. The summed E-state index contributed by atoms with van der Waals surface area (Å²) in [4.78, 5) is 45.4. The van der Waals surface area contributed by atoms with Crippen molar-refractivity contribution in [2.75, 3.05) is 16.9 Å². The third-order valence-corrected chi connectivity index (χ3v) is 10.2. The number of methoxy groups -OCH3 is 1. The molecule has 2 aromatic carbocycles. The van der Waals surface area contributed by atoms with Crippen LogP contribution in [0.4, 0.5) is 11.4 Å². The van der Waals surface area contributed by atoms with Gasteiger partial charge in [0.25, 0.3) is 11.8 Å². The van der Waals surface area contributed by atoms with E-state index >= 15 is 0 Å². The van der Waals surface area contributed by atoms with E-state index in [-0.39, 0.29) is 16.7 Å². The van der Waals surface area contributed by atoms with Crippen molar-refractivity contribution in [3.63, 3.8) is 0 Å². The molecule has 9 heteroatoms. The number of nitrogens with zero attached hydrogens (tertiary/aromatic N) is 3. The van der Waals surface area contributed by atoms with Crippen LogP contribution in [0.25, 0.3) is 11.1 Å². The summed E-state index contributed by atoms with van der Waals surface area (Å²) >= 11 is 7.42. The van der Waals surface area contributed by atoms with Crippen LogP contribution in [0.3, 0.4) is 0 Å². The van der Waals surface area contributed by atoms with E-state index in [9.17, 15) is 14.4 Å². The van der Waals surface area contributed by atoms with Crippen molar-refractivity contribution in [3.05, 3.63) is 104 Å². The molecular weight excluding hydrogens is 591 g/mol. The van der Waals surface area contributed by atoms with Gasteiger partial charge < -0.3 is 9.30 Å². The second-order valence-electron chi connectivity index (χ2n) is 11.3. The van der Waals surface area contributed by atoms with E-state index in [1.54, 1.807) is 29.5 Å². The number of thiophene rings is 1. The Morgan fingerprint density at radius 3 is 2.25 bits per heavy atom. The first-order valence-electron chi connectivity index (χ1n) is 14.6. The largest absolute Gasteiger partial charge is 0.465 e. The number of carbonyl (C=O) groups is 3. The van der Waals surface area contributed by atoms with Crippen LogP contribution >= 0.6 is 23.6 Å². The number of thiocarbonyl (C=S) groups is 1. The summed E-state index contributed by atoms with van der Waals surface area (Å²) in [6, 6.07) is 16.8. The predicted molar refractivity (Wildman–Crippen MR) is 179 cm³/mol. The monoisotopic (exact) mass is 623 g/mol. The number of benzene rings is 2. The van der Waals surface area contributed by atoms with E-state index in [4.69, 9.17) is 17.0 Å². The summed E-state index contributed by atoms with van der Waals surface area (Å²) in [7, 11) is 1.41. The van der Waals surface area contributed by atoms with Crippen molar-refractivity contribution >= 4 is 63.9 Å². The Kier molecular flexibility index (Phi) is 7.86. The lowest BCUT2D eigenvalue weighted by Crippen LogP contribution is -2.57. The van der Waals surface area contributed by atoms with Gasteiger partial charge in [-0.15, -0.1) is 11.3 Å². The zero-order valence-electron chi connectivity index (χ0n) is 25.4. The molecule has 1 aliphatic heterocycles. The van der Waals surface area contributed by atoms with Gasteiger partial charge in [-0.05, 0) is 124 Å². The SMILES string of the molecule is COC(=O)c1c(-n2c(C)cc(/C=C3/C(=O)N(c4ccccc4)C(=S)N(c4ccc(C)c(C)c4)C3=O)c2C)sc2c1CCCC2. The molecule has 224 valence electrons. The molecule has 0 unspecified atom stereocenters. The van der Waals surface area contributed by atoms with Crippen molar-refractivity contribution < 1.29 is 19.1 Å². The number of aryl methyl sites for hydroxylation is 4. The second-order valence-corrected chi connectivity index (χ2v) is 12.7. The first-order valence-corrected chi connectivity index (χ1v) is 15.8. The number of rotatable bonds is 5. The molecule has 0 spiro atoms. The summed E-state index contributed by atoms with van der Waals surface area (Å²) < 4.78 is 7.26. The molecule has 2 aromatic heterocycles. The van der Waals surface area contributed by atoms with E-state index in [2.05, 4.69) is 0 Å². The van der Waals surface area contributed by atoms with Gasteiger partial charge in [-0.1, -0.05) is 24.3 Å². The summed E-state index contributed by atoms with van der Waals surface area (Å²) in [5.74, 6) is -1.32. The van der Waals surface area contributed by atoms with Crippen LogP contribution in [-0.2, 0) is 27.2 Å². The Bertz CT molecular complexity index is 1880. The highest BCUT2D eigenvalue weighted by molar-refractivity contribution is 7.81. The Hall–Kier alpha value is -4.34. The van der Waals surface area contributed by atoms with Crippen molar-refractivity contribution in [1.29, 1.82) is 0 Å². The number of amides is 2. The molecule has 0 saturated carbocycles. The molecule has 7 nitrogen and oxygen atoms in total. The van der Waals surface area contributed by atoms with Gasteiger partial charge in [0.1, 0.15) is 10.6 Å². The summed E-state index contributed by atoms with van der Waals surface area (Å²) in [5, 5.41) is 0.914. The molecule has 6 rings (SSSR count). The lowest BCUT2D eigenvalue weighted by Gasteiger charge is -2.36. The van der Waals surface area contributed by atoms with Crippen LogP contribution in [-0.4, -0.2) is 34.6 Å². The van der Waals surface area contributed by atoms with Crippen LogP contribution < -0.4 is 9.80 Å². The van der Waals surface area contributed by atoms with Gasteiger partial charge in [0.05, 0.1) is 24.0 Å². The number of hydrogen-bond acceptors (Lipinski definition) is 6. The minimum atomic E-state index is -0.488. The first-order chi connectivity index (χ1) is 21.1. The highest BCUT2D eigenvalue weighted by Crippen LogP contribution is 2.40. The maximum Gasteiger partial charge on any atom is 0.341 e. The zero-order valence-corrected chi connectivity index (χ0v) is 27.0. The number of ether oxygens (including phenoxy) is 1. The molecule has 3 heterocycles. The van der Waals surface area contributed by atoms with Gasteiger partial charge in [-0.25, -0.2) is 4.79 Å². The van der Waals surface area contributed by atoms with Crippen molar-refractivity contribution in [2.24, 2.45) is 0 Å². The van der Waals surface area contributed by atoms with Crippen LogP contribution in [0.2, 0.25) is 0 Å². The summed E-state index contributed by atoms with van der Waals surface area (Å²) in [6.07, 6.45) is 5.57. The van der Waals surface area contributed by atoms with Gasteiger partial charge in [0.2, 0.25) is 0 Å². The fourth-order valence-corrected chi connectivity index (χ4v) is 7.91. The Morgan fingerprint density at radius 2 is 1.57 bits per heavy atom. The van der Waals surface area contributed by atoms with Crippen LogP contribution in [0.15, 0.2) is 60.2 Å². The minimum absolute atomic E-state index is 0.000374. The number of para-hydroxylation sites is 1. The van der Waals surface area contributed by atoms with E-state index in [1.165, 1.54) is 21.8 Å². The Morgan fingerprint density at radius 1 is 0.886 bits per heavy atom. The maximum atomic E-state index is 14.2. The molecular formula is C35H33N3O4S2. The number of aromatic nitrogens is 1. The maximum absolute atomic E-state index is 14.2. The lowest BCUT2D eigenvalue weighted by molar-refractivity contribution is -0.120. The number of hydrogen-bond donors (Lipinski definition) is 0. The van der Waals surface area contributed by atoms with E-state index in [0.717, 1.165) is 58.8 Å². The van der Waals surface area contributed by atoms with E-state index in [1.807, 2.05) is 74.7 Å². The average molecular weight is 624 g/mol. The van der Waals surface area contributed by atoms with Gasteiger partial charge in [0.15, 0.2) is 5.11 Å². The van der Waals surface area contributed by atoms with Gasteiger partial charge in [0, 0.05) is 16.3 Å². The van der Waals surface area contributed by atoms with Crippen LogP contribution in [0.5, 0.6) is 0 Å². The number of esters is 1. The van der Waals surface area contributed by atoms with Crippen LogP contribution in [0, 0.1) is 27.7 Å². The third-order valence-electron chi connectivity index (χ3n) is 8.53. The van der Waals surface area contributed by atoms with Crippen molar-refractivity contribution in [3.8, 4) is 5.00 Å². The molecule has 1 fully saturated rings. The lowest BCUT2D eigenvalue weighted by atomic mass is 9.95. The fourth-order valence-electron chi connectivity index (χ4n) is 6.05. The van der Waals surface area contributed by atoms with E-state index in [0.29, 0.717) is 22.5 Å². The Balaban J connectivity index is 1.50. The number of anilines is 2. The standard InChI is InChI=1S/C35H33N3O4S2/c1-20-15-16-26(17-21(20)2)38-32(40)28(31(39)37(35(38)43)25-11-7-6-8-12-25)19-24-18-22(3)36(23(24)4)33-30(34(41)42-5)27-13-9-10-14-29(27)44-33/h6-8,11-12,15-19H,9-10,13-14H2,1-5H3/b28-19-. The van der Waals surface area contributed by atoms with Gasteiger partial charge >= 0.3 is 5.97 Å². The summed E-state index contributed by atoms with van der Waals surface area (Å²) in [6.45, 7) is 7.89. The molecule has 0 N–H and O–H groups in total. The average Bonchev–Trinajstić information content (AvgIpc) is 3.52. The second kappa shape index (κ2) is 11.6. The molecule has 1 aliphatic carbocycles. The molecule has 2 amide bonds. The Labute approximate surface area is 266 Å². The highest BCUT2D eigenvalue weighted by atomic mass is 32.1. The van der Waals surface area contributed by atoms with Gasteiger partial charge in [-0.2, -0.15) is 0 Å². The van der Waals surface area contributed by atoms with Crippen LogP contribution in [0.1, 0.15) is 61.7 Å². The fraction of sp³-hybridized carbons (Fsp3) is 0.257. The first kappa shape index (κ1) is 29.7. The summed E-state index contributed by atoms with van der Waals surface area (Å²) in [5.41, 5.74) is 7.37. The van der Waals surface area contributed by atoms with Crippen molar-refractivity contribution in [2.45, 2.75) is 53.4 Å². The third kappa shape index (κ3) is 4.90. The molecule has 44 heavy (non-hydrogen) atoms. The normalized spacial score (nSPS) is 16.1. The van der Waals surface area contributed by atoms with Gasteiger partial charge in [-0.3, -0.25) is 19.4 Å². The number of carbonyl (C=O) groups excluding carboxylic acids is 3. The topological polar surface area (TPSA) is 71.8 Å². The molecule has 2 aliphatic rings.